The van der Waals surface area contributed by atoms with Gasteiger partial charge in [0.15, 0.2) is 5.96 Å². The van der Waals surface area contributed by atoms with Gasteiger partial charge in [-0.25, -0.2) is 0 Å². The number of halogens is 1. The molecule has 0 bridgehead atoms. The van der Waals surface area contributed by atoms with E-state index >= 15 is 0 Å². The molecule has 3 fully saturated rings. The number of hydrogen-bond acceptors (Lipinski definition) is 6. The SMILES string of the molecule is CN=C(NCC(C)(C)N1CCOCC1)NCC1(N2CCOCC2)CCSC1.I. The highest BCUT2D eigenvalue weighted by Gasteiger charge is 2.40. The Kier molecular flexibility index (Phi) is 10.1. The van der Waals surface area contributed by atoms with Crippen molar-refractivity contribution in [1.82, 2.24) is 20.4 Å². The summed E-state index contributed by atoms with van der Waals surface area (Å²) in [5, 5.41) is 7.18. The molecule has 164 valence electrons. The molecule has 1 atom stereocenters. The van der Waals surface area contributed by atoms with Crippen LogP contribution in [0.3, 0.4) is 0 Å². The normalized spacial score (nSPS) is 28.0. The smallest absolute Gasteiger partial charge is 0.191 e. The topological polar surface area (TPSA) is 61.4 Å². The molecule has 3 rings (SSSR count). The highest BCUT2D eigenvalue weighted by molar-refractivity contribution is 14.0. The van der Waals surface area contributed by atoms with Crippen LogP contribution in [0.4, 0.5) is 0 Å². The predicted molar refractivity (Wildman–Crippen MR) is 128 cm³/mol. The van der Waals surface area contributed by atoms with Gasteiger partial charge in [-0.2, -0.15) is 11.8 Å². The highest BCUT2D eigenvalue weighted by atomic mass is 127. The van der Waals surface area contributed by atoms with E-state index in [1.807, 2.05) is 7.05 Å². The van der Waals surface area contributed by atoms with Crippen LogP contribution in [0.1, 0.15) is 20.3 Å². The van der Waals surface area contributed by atoms with E-state index in [0.29, 0.717) is 0 Å². The Morgan fingerprint density at radius 2 is 1.71 bits per heavy atom. The van der Waals surface area contributed by atoms with Gasteiger partial charge in [0.25, 0.3) is 0 Å². The Labute approximate surface area is 191 Å². The van der Waals surface area contributed by atoms with E-state index in [0.717, 1.165) is 71.7 Å². The molecule has 3 heterocycles. The van der Waals surface area contributed by atoms with Crippen molar-refractivity contribution in [3.8, 4) is 0 Å². The van der Waals surface area contributed by atoms with Crippen LogP contribution in [0.15, 0.2) is 4.99 Å². The molecule has 3 saturated heterocycles. The molecule has 9 heteroatoms. The second kappa shape index (κ2) is 11.5. The van der Waals surface area contributed by atoms with E-state index in [4.69, 9.17) is 9.47 Å². The van der Waals surface area contributed by atoms with Gasteiger partial charge < -0.3 is 20.1 Å². The Bertz CT molecular complexity index is 491. The van der Waals surface area contributed by atoms with Crippen molar-refractivity contribution in [3.63, 3.8) is 0 Å². The third-order valence-corrected chi connectivity index (χ3v) is 7.36. The lowest BCUT2D eigenvalue weighted by molar-refractivity contribution is -0.0123. The number of aliphatic imine (C=N–C) groups is 1. The molecule has 3 aliphatic heterocycles. The second-order valence-electron chi connectivity index (χ2n) is 8.32. The van der Waals surface area contributed by atoms with Gasteiger partial charge in [0.2, 0.25) is 0 Å². The van der Waals surface area contributed by atoms with Crippen LogP contribution < -0.4 is 10.6 Å². The van der Waals surface area contributed by atoms with Gasteiger partial charge in [-0.3, -0.25) is 14.8 Å². The molecule has 2 N–H and O–H groups in total. The van der Waals surface area contributed by atoms with Gasteiger partial charge >= 0.3 is 0 Å². The van der Waals surface area contributed by atoms with E-state index in [9.17, 15) is 0 Å². The van der Waals surface area contributed by atoms with Gasteiger partial charge in [-0.15, -0.1) is 24.0 Å². The zero-order chi connectivity index (χ0) is 19.2. The summed E-state index contributed by atoms with van der Waals surface area (Å²) in [5.41, 5.74) is 0.304. The number of hydrogen-bond donors (Lipinski definition) is 2. The van der Waals surface area contributed by atoms with Crippen LogP contribution in [0.5, 0.6) is 0 Å². The van der Waals surface area contributed by atoms with Gasteiger partial charge in [-0.1, -0.05) is 0 Å². The monoisotopic (exact) mass is 527 g/mol. The Balaban J connectivity index is 0.00000280. The van der Waals surface area contributed by atoms with E-state index in [2.05, 4.69) is 51.0 Å². The summed E-state index contributed by atoms with van der Waals surface area (Å²) < 4.78 is 11.1. The number of morpholine rings is 2. The molecule has 0 aromatic carbocycles. The molecule has 0 radical (unpaired) electrons. The number of nitrogens with one attached hydrogen (secondary N) is 2. The minimum atomic E-state index is 0. The molecule has 0 aliphatic carbocycles. The molecule has 28 heavy (non-hydrogen) atoms. The first kappa shape index (κ1) is 24.5. The van der Waals surface area contributed by atoms with Crippen LogP contribution in [0, 0.1) is 0 Å². The number of guanidine groups is 1. The molecular weight excluding hydrogens is 489 g/mol. The number of rotatable bonds is 6. The zero-order valence-corrected chi connectivity index (χ0v) is 20.8. The Hall–Kier alpha value is 0.190. The molecule has 0 saturated carbocycles. The van der Waals surface area contributed by atoms with Crippen molar-refractivity contribution in [2.75, 3.05) is 84.2 Å². The lowest BCUT2D eigenvalue weighted by Crippen LogP contribution is -2.61. The molecule has 1 unspecified atom stereocenters. The van der Waals surface area contributed by atoms with E-state index in [-0.39, 0.29) is 35.1 Å². The van der Waals surface area contributed by atoms with Gasteiger partial charge in [0, 0.05) is 63.1 Å². The maximum absolute atomic E-state index is 5.57. The van der Waals surface area contributed by atoms with Crippen LogP contribution in [-0.4, -0.2) is 111 Å². The lowest BCUT2D eigenvalue weighted by Gasteiger charge is -2.43. The van der Waals surface area contributed by atoms with Crippen LogP contribution in [0.2, 0.25) is 0 Å². The molecule has 3 aliphatic rings. The van der Waals surface area contributed by atoms with Crippen molar-refractivity contribution in [1.29, 1.82) is 0 Å². The van der Waals surface area contributed by atoms with Gasteiger partial charge in [0.05, 0.1) is 26.4 Å². The fourth-order valence-electron chi connectivity index (χ4n) is 4.18. The summed E-state index contributed by atoms with van der Waals surface area (Å²) in [7, 11) is 1.86. The summed E-state index contributed by atoms with van der Waals surface area (Å²) in [5.74, 6) is 3.34. The quantitative estimate of drug-likeness (QED) is 0.305. The summed E-state index contributed by atoms with van der Waals surface area (Å²) in [6.07, 6.45) is 1.24. The average Bonchev–Trinajstić information content (AvgIpc) is 3.20. The minimum absolute atomic E-state index is 0. The first-order chi connectivity index (χ1) is 13.1. The third kappa shape index (κ3) is 6.34. The average molecular weight is 528 g/mol. The molecule has 0 spiro atoms. The zero-order valence-electron chi connectivity index (χ0n) is 17.7. The number of ether oxygens (including phenoxy) is 2. The molecular formula is C19H38IN5O2S. The van der Waals surface area contributed by atoms with Crippen LogP contribution in [0.25, 0.3) is 0 Å². The highest BCUT2D eigenvalue weighted by Crippen LogP contribution is 2.33. The van der Waals surface area contributed by atoms with Crippen molar-refractivity contribution >= 4 is 41.7 Å². The summed E-state index contributed by atoms with van der Waals surface area (Å²) in [6, 6.07) is 0. The van der Waals surface area contributed by atoms with Crippen LogP contribution >= 0.6 is 35.7 Å². The van der Waals surface area contributed by atoms with E-state index in [1.165, 1.54) is 17.9 Å². The van der Waals surface area contributed by atoms with Gasteiger partial charge in [-0.05, 0) is 26.0 Å². The maximum Gasteiger partial charge on any atom is 0.191 e. The first-order valence-corrected chi connectivity index (χ1v) is 11.4. The molecule has 0 aromatic heterocycles. The summed E-state index contributed by atoms with van der Waals surface area (Å²) >= 11 is 2.07. The number of thioether (sulfide) groups is 1. The van der Waals surface area contributed by atoms with Crippen molar-refractivity contribution in [2.24, 2.45) is 4.99 Å². The maximum atomic E-state index is 5.57. The minimum Gasteiger partial charge on any atom is -0.379 e. The molecule has 0 aromatic rings. The number of nitrogens with zero attached hydrogens (tertiary/aromatic N) is 3. The van der Waals surface area contributed by atoms with Crippen LogP contribution in [-0.2, 0) is 9.47 Å². The van der Waals surface area contributed by atoms with E-state index < -0.39 is 0 Å². The largest absolute Gasteiger partial charge is 0.379 e. The van der Waals surface area contributed by atoms with E-state index in [1.54, 1.807) is 0 Å². The Morgan fingerprint density at radius 3 is 2.29 bits per heavy atom. The second-order valence-corrected chi connectivity index (χ2v) is 9.42. The first-order valence-electron chi connectivity index (χ1n) is 10.2. The van der Waals surface area contributed by atoms with Crippen molar-refractivity contribution in [3.05, 3.63) is 0 Å². The Morgan fingerprint density at radius 1 is 1.07 bits per heavy atom. The standard InChI is InChI=1S/C19H37N5O2S.HI/c1-18(2,23-5-9-25-10-6-23)14-21-17(20-3)22-15-19(4-13-27-16-19)24-7-11-26-12-8-24;/h4-16H2,1-3H3,(H2,20,21,22);1H. The predicted octanol–water partition coefficient (Wildman–Crippen LogP) is 1.09. The fraction of sp³-hybridized carbons (Fsp3) is 0.947. The lowest BCUT2D eigenvalue weighted by atomic mass is 9.95. The molecule has 0 amide bonds. The summed E-state index contributed by atoms with van der Waals surface area (Å²) in [4.78, 5) is 9.61. The molecule has 7 nitrogen and oxygen atoms in total. The fourth-order valence-corrected chi connectivity index (χ4v) is 5.66. The third-order valence-electron chi connectivity index (χ3n) is 6.13. The van der Waals surface area contributed by atoms with Crippen molar-refractivity contribution in [2.45, 2.75) is 31.3 Å². The van der Waals surface area contributed by atoms with Gasteiger partial charge in [0.1, 0.15) is 0 Å². The summed E-state index contributed by atoms with van der Waals surface area (Å²) in [6.45, 7) is 13.8. The van der Waals surface area contributed by atoms with Crippen molar-refractivity contribution < 1.29 is 9.47 Å².